The lowest BCUT2D eigenvalue weighted by molar-refractivity contribution is -0.135. The number of rotatable bonds is 6. The van der Waals surface area contributed by atoms with Crippen LogP contribution in [0.4, 0.5) is 29.2 Å². The smallest absolute Gasteiger partial charge is 0.383 e. The third-order valence-electron chi connectivity index (χ3n) is 6.40. The fourth-order valence-corrected chi connectivity index (χ4v) is 4.71. The lowest BCUT2D eigenvalue weighted by Crippen LogP contribution is -2.35. The number of benzene rings is 1. The number of nitrogens with one attached hydrogen (secondary N) is 1. The predicted molar refractivity (Wildman–Crippen MR) is 124 cm³/mol. The van der Waals surface area contributed by atoms with Crippen LogP contribution < -0.4 is 11.1 Å². The zero-order valence-electron chi connectivity index (χ0n) is 19.1. The number of nitrogens with two attached hydrogens (primary N) is 1. The molecule has 0 saturated carbocycles. The van der Waals surface area contributed by atoms with Crippen molar-refractivity contribution in [2.24, 2.45) is 0 Å². The monoisotopic (exact) mass is 499 g/mol. The topological polar surface area (TPSA) is 111 Å². The van der Waals surface area contributed by atoms with Gasteiger partial charge in [-0.25, -0.2) is 24.3 Å². The largest absolute Gasteiger partial charge is 0.389 e. The fraction of sp³-hybridized carbons (Fsp3) is 0.292. The number of imidazole rings is 1. The van der Waals surface area contributed by atoms with Crippen molar-refractivity contribution in [1.29, 1.82) is 0 Å². The Bertz CT molecular complexity index is 1470. The van der Waals surface area contributed by atoms with Crippen LogP contribution in [0.25, 0.3) is 17.2 Å². The van der Waals surface area contributed by atoms with E-state index in [2.05, 4.69) is 25.3 Å². The van der Waals surface area contributed by atoms with Gasteiger partial charge in [0.05, 0.1) is 11.3 Å². The summed E-state index contributed by atoms with van der Waals surface area (Å²) in [6, 6.07) is 5.60. The van der Waals surface area contributed by atoms with E-state index in [1.165, 1.54) is 30.5 Å². The van der Waals surface area contributed by atoms with E-state index in [9.17, 15) is 22.4 Å². The van der Waals surface area contributed by atoms with Crippen molar-refractivity contribution in [1.82, 2.24) is 24.3 Å². The van der Waals surface area contributed by atoms with Crippen LogP contribution >= 0.6 is 0 Å². The van der Waals surface area contributed by atoms with Gasteiger partial charge in [0, 0.05) is 25.0 Å². The van der Waals surface area contributed by atoms with Crippen LogP contribution in [-0.4, -0.2) is 36.4 Å². The van der Waals surface area contributed by atoms with Gasteiger partial charge in [-0.05, 0) is 37.0 Å². The van der Waals surface area contributed by atoms with Crippen LogP contribution in [0.3, 0.4) is 0 Å². The Hall–Kier alpha value is -4.09. The second-order valence-corrected chi connectivity index (χ2v) is 8.58. The van der Waals surface area contributed by atoms with E-state index in [0.29, 0.717) is 28.9 Å². The van der Waals surface area contributed by atoms with Crippen LogP contribution in [0.1, 0.15) is 43.0 Å². The van der Waals surface area contributed by atoms with E-state index < -0.39 is 23.8 Å². The molecule has 8 nitrogen and oxygen atoms in total. The zero-order valence-corrected chi connectivity index (χ0v) is 19.1. The summed E-state index contributed by atoms with van der Waals surface area (Å²) >= 11 is 0. The van der Waals surface area contributed by atoms with E-state index in [1.807, 2.05) is 6.92 Å². The molecule has 0 fully saturated rings. The molecule has 1 unspecified atom stereocenters. The summed E-state index contributed by atoms with van der Waals surface area (Å²) in [5, 5.41) is 2.77. The molecule has 0 spiro atoms. The average Bonchev–Trinajstić information content (AvgIpc) is 3.41. The molecule has 36 heavy (non-hydrogen) atoms. The van der Waals surface area contributed by atoms with Crippen molar-refractivity contribution < 1.29 is 22.4 Å². The summed E-state index contributed by atoms with van der Waals surface area (Å²) in [5.41, 5.74) is 7.17. The highest BCUT2D eigenvalue weighted by molar-refractivity contribution is 6.09. The molecule has 0 bridgehead atoms. The minimum absolute atomic E-state index is 0.0469. The number of hydrogen-bond acceptors (Lipinski definition) is 6. The van der Waals surface area contributed by atoms with E-state index in [1.54, 1.807) is 16.8 Å². The number of amides is 1. The highest BCUT2D eigenvalue weighted by atomic mass is 19.4. The van der Waals surface area contributed by atoms with Crippen LogP contribution in [0.15, 0.2) is 42.9 Å². The molecule has 12 heteroatoms. The van der Waals surface area contributed by atoms with Crippen molar-refractivity contribution >= 4 is 23.2 Å². The van der Waals surface area contributed by atoms with Crippen LogP contribution in [-0.2, 0) is 16.6 Å². The first-order valence-corrected chi connectivity index (χ1v) is 11.3. The Morgan fingerprint density at radius 3 is 2.58 bits per heavy atom. The van der Waals surface area contributed by atoms with Gasteiger partial charge < -0.3 is 15.5 Å². The zero-order chi connectivity index (χ0) is 25.7. The van der Waals surface area contributed by atoms with Crippen LogP contribution in [0.2, 0.25) is 0 Å². The molecule has 4 aromatic rings. The first-order valence-electron chi connectivity index (χ1n) is 11.3. The molecule has 1 atom stereocenters. The molecule has 0 radical (unpaired) electrons. The fourth-order valence-electron chi connectivity index (χ4n) is 4.71. The predicted octanol–water partition coefficient (Wildman–Crippen LogP) is 4.44. The molecule has 0 aliphatic carbocycles. The van der Waals surface area contributed by atoms with Gasteiger partial charge in [0.1, 0.15) is 28.6 Å². The number of alkyl halides is 3. The number of carbonyl (C=O) groups excluding carboxylic acids is 1. The van der Waals surface area contributed by atoms with Crippen LogP contribution in [0.5, 0.6) is 0 Å². The number of aryl methyl sites for hydroxylation is 1. The Morgan fingerprint density at radius 2 is 1.89 bits per heavy atom. The van der Waals surface area contributed by atoms with Gasteiger partial charge in [0.25, 0.3) is 0 Å². The third-order valence-corrected chi connectivity index (χ3v) is 6.40. The minimum Gasteiger partial charge on any atom is -0.383 e. The first kappa shape index (κ1) is 23.6. The van der Waals surface area contributed by atoms with Gasteiger partial charge in [-0.15, -0.1) is 0 Å². The second kappa shape index (κ2) is 8.54. The van der Waals surface area contributed by atoms with E-state index in [0.717, 1.165) is 0 Å². The first-order chi connectivity index (χ1) is 17.1. The van der Waals surface area contributed by atoms with Crippen molar-refractivity contribution in [3.63, 3.8) is 0 Å². The SMILES string of the molecule is CCC1(c2ccc(F)cc2)C(=O)Nc2nc(-c3cn4ccnc4c(CCCC(F)(F)F)n3)nc(N)c21. The molecule has 186 valence electrons. The molecular formula is C24H21F4N7O. The summed E-state index contributed by atoms with van der Waals surface area (Å²) in [5.74, 6) is -0.443. The maximum absolute atomic E-state index is 13.6. The highest BCUT2D eigenvalue weighted by Crippen LogP contribution is 2.47. The third kappa shape index (κ3) is 3.91. The molecule has 1 aromatic carbocycles. The van der Waals surface area contributed by atoms with Crippen LogP contribution in [0, 0.1) is 5.82 Å². The average molecular weight is 499 g/mol. The number of nitrogen functional groups attached to an aromatic ring is 1. The van der Waals surface area contributed by atoms with Gasteiger partial charge >= 0.3 is 6.18 Å². The molecular weight excluding hydrogens is 478 g/mol. The summed E-state index contributed by atoms with van der Waals surface area (Å²) < 4.78 is 53.2. The Balaban J connectivity index is 1.58. The molecule has 1 aliphatic heterocycles. The number of anilines is 2. The summed E-state index contributed by atoms with van der Waals surface area (Å²) in [6.07, 6.45) is -0.226. The quantitative estimate of drug-likeness (QED) is 0.380. The van der Waals surface area contributed by atoms with Gasteiger partial charge in [-0.2, -0.15) is 13.2 Å². The number of halogens is 4. The number of hydrogen-bond donors (Lipinski definition) is 2. The summed E-state index contributed by atoms with van der Waals surface area (Å²) in [7, 11) is 0. The van der Waals surface area contributed by atoms with E-state index in [4.69, 9.17) is 5.73 Å². The number of aromatic nitrogens is 5. The Labute approximate surface area is 202 Å². The lowest BCUT2D eigenvalue weighted by Gasteiger charge is -2.27. The molecule has 4 heterocycles. The number of nitrogens with zero attached hydrogens (tertiary/aromatic N) is 5. The van der Waals surface area contributed by atoms with E-state index >= 15 is 0 Å². The maximum atomic E-state index is 13.6. The highest BCUT2D eigenvalue weighted by Gasteiger charge is 2.50. The lowest BCUT2D eigenvalue weighted by atomic mass is 9.74. The van der Waals surface area contributed by atoms with E-state index in [-0.39, 0.29) is 41.9 Å². The minimum atomic E-state index is -4.27. The number of carbonyl (C=O) groups is 1. The maximum Gasteiger partial charge on any atom is 0.389 e. The molecule has 3 N–H and O–H groups in total. The van der Waals surface area contributed by atoms with Crippen molar-refractivity contribution in [3.05, 3.63) is 65.5 Å². The standard InChI is InChI=1S/C24H21F4N7O/c1-2-23(13-5-7-14(25)8-6-13)17-18(29)32-19(33-20(17)34-22(23)36)16-12-35-11-10-30-21(35)15(31-16)4-3-9-24(26,27)28/h5-8,10-12H,2-4,9H2,1H3,(H3,29,32,33,34,36). The van der Waals surface area contributed by atoms with Crippen molar-refractivity contribution in [2.45, 2.75) is 44.2 Å². The summed E-state index contributed by atoms with van der Waals surface area (Å²) in [6.45, 7) is 1.81. The van der Waals surface area contributed by atoms with Gasteiger partial charge in [-0.1, -0.05) is 19.1 Å². The molecule has 0 saturated heterocycles. The van der Waals surface area contributed by atoms with Gasteiger partial charge in [0.2, 0.25) is 5.91 Å². The second-order valence-electron chi connectivity index (χ2n) is 8.58. The van der Waals surface area contributed by atoms with Gasteiger partial charge in [-0.3, -0.25) is 4.79 Å². The summed E-state index contributed by atoms with van der Waals surface area (Å²) in [4.78, 5) is 30.8. The van der Waals surface area contributed by atoms with Crippen molar-refractivity contribution in [3.8, 4) is 11.5 Å². The molecule has 1 amide bonds. The molecule has 1 aliphatic rings. The van der Waals surface area contributed by atoms with Crippen molar-refractivity contribution in [2.75, 3.05) is 11.1 Å². The Kier molecular flexibility index (Phi) is 5.61. The normalized spacial score (nSPS) is 17.4. The number of fused-ring (bicyclic) bond motifs is 2. The Morgan fingerprint density at radius 1 is 1.14 bits per heavy atom. The molecule has 5 rings (SSSR count). The molecule has 3 aromatic heterocycles. The van der Waals surface area contributed by atoms with Gasteiger partial charge in [0.15, 0.2) is 11.5 Å².